The Hall–Kier alpha value is -1.42. The molecule has 0 radical (unpaired) electrons. The largest absolute Gasteiger partial charge is 0.355 e. The first-order valence-electron chi connectivity index (χ1n) is 5.97. The van der Waals surface area contributed by atoms with Gasteiger partial charge in [0.15, 0.2) is 5.78 Å². The summed E-state index contributed by atoms with van der Waals surface area (Å²) >= 11 is 0. The Kier molecular flexibility index (Phi) is 3.43. The highest BCUT2D eigenvalue weighted by molar-refractivity contribution is 5.92. The van der Waals surface area contributed by atoms with Crippen molar-refractivity contribution in [1.82, 2.24) is 9.88 Å². The molecule has 92 valence electrons. The Morgan fingerprint density at radius 1 is 1.47 bits per heavy atom. The number of nitrogens with zero attached hydrogens (tertiary/aromatic N) is 3. The molecule has 1 aliphatic heterocycles. The Bertz CT molecular complexity index is 417. The number of ketones is 1. The summed E-state index contributed by atoms with van der Waals surface area (Å²) in [4.78, 5) is 20.2. The van der Waals surface area contributed by atoms with Gasteiger partial charge in [0.1, 0.15) is 11.5 Å². The normalized spacial score (nSPS) is 20.0. The van der Waals surface area contributed by atoms with Crippen LogP contribution in [0, 0.1) is 0 Å². The minimum absolute atomic E-state index is 0.0233. The van der Waals surface area contributed by atoms with E-state index in [1.54, 1.807) is 13.0 Å². The Balaban J connectivity index is 2.13. The van der Waals surface area contributed by atoms with Gasteiger partial charge in [-0.3, -0.25) is 4.79 Å². The Labute approximate surface area is 102 Å². The second kappa shape index (κ2) is 4.84. The van der Waals surface area contributed by atoms with Crippen molar-refractivity contribution in [3.8, 4) is 0 Å². The summed E-state index contributed by atoms with van der Waals surface area (Å²) in [5.74, 6) is 0.942. The highest BCUT2D eigenvalue weighted by atomic mass is 16.1. The maximum atomic E-state index is 11.3. The van der Waals surface area contributed by atoms with Crippen LogP contribution >= 0.6 is 0 Å². The predicted molar refractivity (Wildman–Crippen MR) is 68.5 cm³/mol. The molecule has 0 aromatic carbocycles. The van der Waals surface area contributed by atoms with E-state index in [-0.39, 0.29) is 5.78 Å². The number of Topliss-reactive ketones (excluding diaryl/α,β-unsaturated/α-hetero) is 1. The minimum Gasteiger partial charge on any atom is -0.355 e. The van der Waals surface area contributed by atoms with Gasteiger partial charge < -0.3 is 9.80 Å². The fraction of sp³-hybridized carbons (Fsp3) is 0.538. The number of rotatable bonds is 3. The Morgan fingerprint density at radius 2 is 2.24 bits per heavy atom. The van der Waals surface area contributed by atoms with Crippen molar-refractivity contribution < 1.29 is 4.79 Å². The summed E-state index contributed by atoms with van der Waals surface area (Å²) in [5.41, 5.74) is 0.552. The second-order valence-corrected chi connectivity index (χ2v) is 4.79. The van der Waals surface area contributed by atoms with Crippen LogP contribution < -0.4 is 4.90 Å². The first-order valence-corrected chi connectivity index (χ1v) is 5.97. The third kappa shape index (κ3) is 2.64. The molecular formula is C13H19N3O. The molecular weight excluding hydrogens is 214 g/mol. The van der Waals surface area contributed by atoms with Gasteiger partial charge in [-0.2, -0.15) is 0 Å². The maximum Gasteiger partial charge on any atom is 0.178 e. The van der Waals surface area contributed by atoms with Crippen LogP contribution in [0.2, 0.25) is 0 Å². The SMILES string of the molecule is CC(=O)c1cccc(N2CC[C@@H](N(C)C)C2)n1. The van der Waals surface area contributed by atoms with Crippen molar-refractivity contribution in [2.24, 2.45) is 0 Å². The summed E-state index contributed by atoms with van der Waals surface area (Å²) in [5, 5.41) is 0. The standard InChI is InChI=1S/C13H19N3O/c1-10(17)12-5-4-6-13(14-12)16-8-7-11(9-16)15(2)3/h4-6,11H,7-9H2,1-3H3/t11-/m1/s1. The average Bonchev–Trinajstić information content (AvgIpc) is 2.78. The van der Waals surface area contributed by atoms with Crippen molar-refractivity contribution in [3.63, 3.8) is 0 Å². The number of hydrogen-bond donors (Lipinski definition) is 0. The van der Waals surface area contributed by atoms with Gasteiger partial charge in [-0.15, -0.1) is 0 Å². The summed E-state index contributed by atoms with van der Waals surface area (Å²) in [7, 11) is 4.21. The number of pyridine rings is 1. The third-order valence-corrected chi connectivity index (χ3v) is 3.31. The smallest absolute Gasteiger partial charge is 0.178 e. The van der Waals surface area contributed by atoms with Gasteiger partial charge in [0.25, 0.3) is 0 Å². The second-order valence-electron chi connectivity index (χ2n) is 4.79. The maximum absolute atomic E-state index is 11.3. The van der Waals surface area contributed by atoms with Crippen molar-refractivity contribution in [1.29, 1.82) is 0 Å². The molecule has 4 heteroatoms. The van der Waals surface area contributed by atoms with Crippen LogP contribution in [0.15, 0.2) is 18.2 Å². The average molecular weight is 233 g/mol. The van der Waals surface area contributed by atoms with Crippen molar-refractivity contribution in [3.05, 3.63) is 23.9 Å². The molecule has 1 saturated heterocycles. The lowest BCUT2D eigenvalue weighted by Gasteiger charge is -2.21. The van der Waals surface area contributed by atoms with Gasteiger partial charge in [0, 0.05) is 26.1 Å². The molecule has 2 rings (SSSR count). The highest BCUT2D eigenvalue weighted by Crippen LogP contribution is 2.20. The quantitative estimate of drug-likeness (QED) is 0.740. The molecule has 1 aromatic heterocycles. The van der Waals surface area contributed by atoms with Crippen LogP contribution in [0.1, 0.15) is 23.8 Å². The molecule has 4 nitrogen and oxygen atoms in total. The lowest BCUT2D eigenvalue weighted by atomic mass is 10.2. The molecule has 1 aliphatic rings. The van der Waals surface area contributed by atoms with Crippen molar-refractivity contribution in [2.75, 3.05) is 32.1 Å². The molecule has 1 fully saturated rings. The highest BCUT2D eigenvalue weighted by Gasteiger charge is 2.24. The number of likely N-dealkylation sites (N-methyl/N-ethyl adjacent to an activating group) is 1. The van der Waals surface area contributed by atoms with E-state index in [1.807, 2.05) is 12.1 Å². The van der Waals surface area contributed by atoms with Crippen molar-refractivity contribution in [2.45, 2.75) is 19.4 Å². The van der Waals surface area contributed by atoms with E-state index in [2.05, 4.69) is 28.9 Å². The van der Waals surface area contributed by atoms with Crippen LogP contribution in [0.5, 0.6) is 0 Å². The topological polar surface area (TPSA) is 36.4 Å². The third-order valence-electron chi connectivity index (χ3n) is 3.31. The number of carbonyl (C=O) groups excluding carboxylic acids is 1. The van der Waals surface area contributed by atoms with Gasteiger partial charge in [0.2, 0.25) is 0 Å². The molecule has 0 amide bonds. The zero-order chi connectivity index (χ0) is 12.4. The van der Waals surface area contributed by atoms with E-state index in [0.29, 0.717) is 11.7 Å². The molecule has 0 aliphatic carbocycles. The van der Waals surface area contributed by atoms with Crippen LogP contribution in [-0.2, 0) is 0 Å². The first kappa shape index (κ1) is 12.0. The van der Waals surface area contributed by atoms with Gasteiger partial charge in [-0.25, -0.2) is 4.98 Å². The van der Waals surface area contributed by atoms with Gasteiger partial charge in [-0.1, -0.05) is 6.07 Å². The fourth-order valence-corrected chi connectivity index (χ4v) is 2.17. The molecule has 17 heavy (non-hydrogen) atoms. The van der Waals surface area contributed by atoms with Crippen LogP contribution in [0.25, 0.3) is 0 Å². The first-order chi connectivity index (χ1) is 8.08. The summed E-state index contributed by atoms with van der Waals surface area (Å²) in [6.45, 7) is 3.55. The Morgan fingerprint density at radius 3 is 2.82 bits per heavy atom. The zero-order valence-electron chi connectivity index (χ0n) is 10.7. The lowest BCUT2D eigenvalue weighted by molar-refractivity contribution is 0.101. The van der Waals surface area contributed by atoms with Gasteiger partial charge >= 0.3 is 0 Å². The number of carbonyl (C=O) groups is 1. The molecule has 2 heterocycles. The summed E-state index contributed by atoms with van der Waals surface area (Å²) in [6, 6.07) is 6.23. The molecule has 0 bridgehead atoms. The van der Waals surface area contributed by atoms with Gasteiger partial charge in [0.05, 0.1) is 0 Å². The molecule has 0 N–H and O–H groups in total. The van der Waals surface area contributed by atoms with Crippen LogP contribution in [0.4, 0.5) is 5.82 Å². The van der Waals surface area contributed by atoms with E-state index in [4.69, 9.17) is 0 Å². The number of aromatic nitrogens is 1. The number of anilines is 1. The van der Waals surface area contributed by atoms with Crippen LogP contribution in [-0.4, -0.2) is 48.9 Å². The van der Waals surface area contributed by atoms with Gasteiger partial charge in [-0.05, 0) is 32.6 Å². The van der Waals surface area contributed by atoms with E-state index >= 15 is 0 Å². The van der Waals surface area contributed by atoms with E-state index < -0.39 is 0 Å². The molecule has 0 spiro atoms. The zero-order valence-corrected chi connectivity index (χ0v) is 10.7. The lowest BCUT2D eigenvalue weighted by Crippen LogP contribution is -2.31. The monoisotopic (exact) mass is 233 g/mol. The number of hydrogen-bond acceptors (Lipinski definition) is 4. The molecule has 1 aromatic rings. The molecule has 0 unspecified atom stereocenters. The summed E-state index contributed by atoms with van der Waals surface area (Å²) < 4.78 is 0. The molecule has 1 atom stereocenters. The molecule has 0 saturated carbocycles. The minimum atomic E-state index is 0.0233. The van der Waals surface area contributed by atoms with E-state index in [0.717, 1.165) is 25.3 Å². The predicted octanol–water partition coefficient (Wildman–Crippen LogP) is 1.42. The summed E-state index contributed by atoms with van der Waals surface area (Å²) in [6.07, 6.45) is 1.15. The van der Waals surface area contributed by atoms with Crippen LogP contribution in [0.3, 0.4) is 0 Å². The van der Waals surface area contributed by atoms with Crippen molar-refractivity contribution >= 4 is 11.6 Å². The fourth-order valence-electron chi connectivity index (χ4n) is 2.17. The van der Waals surface area contributed by atoms with E-state index in [1.165, 1.54) is 0 Å². The van der Waals surface area contributed by atoms with E-state index in [9.17, 15) is 4.79 Å².